The molecular formula is C19H19FN2O. The first kappa shape index (κ1) is 16.7. The molecule has 4 heteroatoms. The minimum atomic E-state index is -0.351. The van der Waals surface area contributed by atoms with Gasteiger partial charge in [0.15, 0.2) is 0 Å². The van der Waals surface area contributed by atoms with Crippen LogP contribution >= 0.6 is 0 Å². The van der Waals surface area contributed by atoms with Crippen LogP contribution < -0.4 is 0 Å². The smallest absolute Gasteiger partial charge is 0.227 e. The van der Waals surface area contributed by atoms with E-state index in [1.807, 2.05) is 19.1 Å². The molecule has 0 bridgehead atoms. The van der Waals surface area contributed by atoms with Crippen molar-refractivity contribution in [2.24, 2.45) is 0 Å². The summed E-state index contributed by atoms with van der Waals surface area (Å²) in [5, 5.41) is 8.82. The minimum absolute atomic E-state index is 0.0585. The molecule has 0 saturated heterocycles. The van der Waals surface area contributed by atoms with E-state index >= 15 is 0 Å². The summed E-state index contributed by atoms with van der Waals surface area (Å²) < 4.78 is 13.7. The molecule has 2 aromatic rings. The summed E-state index contributed by atoms with van der Waals surface area (Å²) in [6.45, 7) is 3.09. The lowest BCUT2D eigenvalue weighted by molar-refractivity contribution is -0.131. The Kier molecular flexibility index (Phi) is 5.87. The molecule has 1 amide bonds. The fourth-order valence-electron chi connectivity index (χ4n) is 2.38. The Morgan fingerprint density at radius 2 is 1.87 bits per heavy atom. The fourth-order valence-corrected chi connectivity index (χ4v) is 2.38. The van der Waals surface area contributed by atoms with Gasteiger partial charge in [-0.15, -0.1) is 0 Å². The lowest BCUT2D eigenvalue weighted by Crippen LogP contribution is -2.32. The molecule has 0 N–H and O–H groups in total. The summed E-state index contributed by atoms with van der Waals surface area (Å²) in [7, 11) is 0. The largest absolute Gasteiger partial charge is 0.338 e. The van der Waals surface area contributed by atoms with E-state index in [0.717, 1.165) is 12.0 Å². The zero-order valence-corrected chi connectivity index (χ0v) is 13.1. The van der Waals surface area contributed by atoms with Crippen LogP contribution in [0.15, 0.2) is 48.5 Å². The van der Waals surface area contributed by atoms with Gasteiger partial charge >= 0.3 is 0 Å². The molecule has 0 spiro atoms. The zero-order chi connectivity index (χ0) is 16.7. The Hall–Kier alpha value is -2.67. The topological polar surface area (TPSA) is 44.1 Å². The Bertz CT molecular complexity index is 704. The van der Waals surface area contributed by atoms with Gasteiger partial charge in [0.1, 0.15) is 5.82 Å². The minimum Gasteiger partial charge on any atom is -0.338 e. The van der Waals surface area contributed by atoms with E-state index in [1.54, 1.807) is 35.2 Å². The number of carbonyl (C=O) groups excluding carboxylic acids is 1. The first-order valence-electron chi connectivity index (χ1n) is 7.64. The van der Waals surface area contributed by atoms with Gasteiger partial charge in [0, 0.05) is 13.1 Å². The molecular weight excluding hydrogens is 291 g/mol. The van der Waals surface area contributed by atoms with Crippen LogP contribution in [0.5, 0.6) is 0 Å². The number of nitriles is 1. The van der Waals surface area contributed by atoms with E-state index in [0.29, 0.717) is 24.2 Å². The average molecular weight is 310 g/mol. The summed E-state index contributed by atoms with van der Waals surface area (Å²) in [6, 6.07) is 15.6. The van der Waals surface area contributed by atoms with E-state index in [9.17, 15) is 9.18 Å². The molecule has 0 saturated carbocycles. The number of hydrogen-bond donors (Lipinski definition) is 0. The van der Waals surface area contributed by atoms with Crippen LogP contribution in [-0.4, -0.2) is 17.4 Å². The molecule has 0 fully saturated rings. The number of amides is 1. The molecule has 0 radical (unpaired) electrons. The molecule has 0 aliphatic rings. The maximum atomic E-state index is 13.7. The van der Waals surface area contributed by atoms with Crippen molar-refractivity contribution in [2.75, 3.05) is 6.54 Å². The Morgan fingerprint density at radius 3 is 2.48 bits per heavy atom. The number of benzene rings is 2. The monoisotopic (exact) mass is 310 g/mol. The molecule has 3 nitrogen and oxygen atoms in total. The van der Waals surface area contributed by atoms with Crippen molar-refractivity contribution < 1.29 is 9.18 Å². The molecule has 0 atom stereocenters. The molecule has 118 valence electrons. The quantitative estimate of drug-likeness (QED) is 0.817. The lowest BCUT2D eigenvalue weighted by atomic mass is 10.1. The lowest BCUT2D eigenvalue weighted by Gasteiger charge is -2.22. The highest BCUT2D eigenvalue weighted by Crippen LogP contribution is 2.12. The Labute approximate surface area is 136 Å². The van der Waals surface area contributed by atoms with Gasteiger partial charge in [0.05, 0.1) is 18.1 Å². The maximum absolute atomic E-state index is 13.7. The molecule has 2 rings (SSSR count). The van der Waals surface area contributed by atoms with Crippen molar-refractivity contribution in [3.05, 3.63) is 71.0 Å². The molecule has 0 heterocycles. The highest BCUT2D eigenvalue weighted by Gasteiger charge is 2.15. The van der Waals surface area contributed by atoms with Crippen molar-refractivity contribution in [2.45, 2.75) is 26.3 Å². The molecule has 0 aromatic heterocycles. The number of rotatable bonds is 6. The highest BCUT2D eigenvalue weighted by atomic mass is 19.1. The van der Waals surface area contributed by atoms with E-state index in [4.69, 9.17) is 5.26 Å². The number of halogens is 1. The van der Waals surface area contributed by atoms with Crippen molar-refractivity contribution in [1.29, 1.82) is 5.26 Å². The summed E-state index contributed by atoms with van der Waals surface area (Å²) in [6.07, 6.45) is 0.891. The Morgan fingerprint density at radius 1 is 1.17 bits per heavy atom. The molecule has 0 aliphatic carbocycles. The normalized spacial score (nSPS) is 10.1. The van der Waals surface area contributed by atoms with E-state index in [1.165, 1.54) is 6.07 Å². The molecule has 0 aliphatic heterocycles. The van der Waals surface area contributed by atoms with Crippen LogP contribution in [0.2, 0.25) is 0 Å². The third-order valence-electron chi connectivity index (χ3n) is 3.60. The third kappa shape index (κ3) is 4.65. The van der Waals surface area contributed by atoms with Crippen LogP contribution in [0.3, 0.4) is 0 Å². The predicted octanol–water partition coefficient (Wildman–Crippen LogP) is 3.68. The Balaban J connectivity index is 2.09. The van der Waals surface area contributed by atoms with E-state index in [-0.39, 0.29) is 18.1 Å². The summed E-state index contributed by atoms with van der Waals surface area (Å²) in [4.78, 5) is 14.2. The van der Waals surface area contributed by atoms with Gasteiger partial charge in [-0.05, 0) is 35.7 Å². The van der Waals surface area contributed by atoms with Crippen LogP contribution in [0.25, 0.3) is 0 Å². The van der Waals surface area contributed by atoms with Gasteiger partial charge in [0.25, 0.3) is 0 Å². The van der Waals surface area contributed by atoms with E-state index < -0.39 is 0 Å². The van der Waals surface area contributed by atoms with Crippen molar-refractivity contribution in [3.8, 4) is 6.07 Å². The molecule has 23 heavy (non-hydrogen) atoms. The number of carbonyl (C=O) groups is 1. The standard InChI is InChI=1S/C19H19FN2O/c1-2-11-22(14-16-9-7-15(13-21)8-10-16)19(23)12-17-5-3-4-6-18(17)20/h3-10H,2,11-12,14H2,1H3. The van der Waals surface area contributed by atoms with Crippen LogP contribution in [0, 0.1) is 17.1 Å². The number of hydrogen-bond acceptors (Lipinski definition) is 2. The second-order valence-corrected chi connectivity index (χ2v) is 5.39. The van der Waals surface area contributed by atoms with Gasteiger partial charge < -0.3 is 4.90 Å². The predicted molar refractivity (Wildman–Crippen MR) is 87.0 cm³/mol. The highest BCUT2D eigenvalue weighted by molar-refractivity contribution is 5.78. The maximum Gasteiger partial charge on any atom is 0.227 e. The van der Waals surface area contributed by atoms with Crippen LogP contribution in [0.1, 0.15) is 30.0 Å². The fraction of sp³-hybridized carbons (Fsp3) is 0.263. The first-order valence-corrected chi connectivity index (χ1v) is 7.64. The second-order valence-electron chi connectivity index (χ2n) is 5.39. The van der Waals surface area contributed by atoms with Gasteiger partial charge in [-0.1, -0.05) is 37.3 Å². The van der Waals surface area contributed by atoms with Gasteiger partial charge in [-0.2, -0.15) is 5.26 Å². The average Bonchev–Trinajstić information content (AvgIpc) is 2.57. The van der Waals surface area contributed by atoms with Gasteiger partial charge in [-0.25, -0.2) is 4.39 Å². The molecule has 2 aromatic carbocycles. The number of nitrogens with zero attached hydrogens (tertiary/aromatic N) is 2. The third-order valence-corrected chi connectivity index (χ3v) is 3.60. The van der Waals surface area contributed by atoms with E-state index in [2.05, 4.69) is 6.07 Å². The summed E-state index contributed by atoms with van der Waals surface area (Å²) in [5.41, 5.74) is 1.96. The SMILES string of the molecule is CCCN(Cc1ccc(C#N)cc1)C(=O)Cc1ccccc1F. The van der Waals surface area contributed by atoms with Gasteiger partial charge in [0.2, 0.25) is 5.91 Å². The van der Waals surface area contributed by atoms with Gasteiger partial charge in [-0.3, -0.25) is 4.79 Å². The first-order chi connectivity index (χ1) is 11.1. The van der Waals surface area contributed by atoms with Crippen molar-refractivity contribution in [1.82, 2.24) is 4.90 Å². The van der Waals surface area contributed by atoms with Crippen molar-refractivity contribution in [3.63, 3.8) is 0 Å². The second kappa shape index (κ2) is 8.09. The summed E-state index contributed by atoms with van der Waals surface area (Å²) >= 11 is 0. The summed E-state index contributed by atoms with van der Waals surface area (Å²) in [5.74, 6) is -0.447. The van der Waals surface area contributed by atoms with Crippen molar-refractivity contribution >= 4 is 5.91 Å². The molecule has 0 unspecified atom stereocenters. The van der Waals surface area contributed by atoms with Crippen LogP contribution in [-0.2, 0) is 17.8 Å². The van der Waals surface area contributed by atoms with Crippen LogP contribution in [0.4, 0.5) is 4.39 Å². The zero-order valence-electron chi connectivity index (χ0n) is 13.1.